The molecule has 1 aliphatic rings. The van der Waals surface area contributed by atoms with Crippen molar-refractivity contribution < 1.29 is 14.3 Å². The average Bonchev–Trinajstić information content (AvgIpc) is 3.04. The second kappa shape index (κ2) is 9.39. The highest BCUT2D eigenvalue weighted by Crippen LogP contribution is 2.31. The number of aryl methyl sites for hydroxylation is 1. The highest BCUT2D eigenvalue weighted by molar-refractivity contribution is 7.15. The predicted octanol–water partition coefficient (Wildman–Crippen LogP) is 3.73. The van der Waals surface area contributed by atoms with Crippen molar-refractivity contribution in [3.8, 4) is 11.3 Å². The number of hydrogen-bond donors (Lipinski definition) is 2. The lowest BCUT2D eigenvalue weighted by Gasteiger charge is -2.34. The summed E-state index contributed by atoms with van der Waals surface area (Å²) < 4.78 is 5.22. The highest BCUT2D eigenvalue weighted by Gasteiger charge is 2.28. The van der Waals surface area contributed by atoms with Gasteiger partial charge in [0.15, 0.2) is 11.7 Å². The Labute approximate surface area is 175 Å². The lowest BCUT2D eigenvalue weighted by atomic mass is 9.78. The molecule has 3 N–H and O–H groups in total. The van der Waals surface area contributed by atoms with E-state index in [0.717, 1.165) is 28.8 Å². The van der Waals surface area contributed by atoms with E-state index >= 15 is 0 Å². The monoisotopic (exact) mass is 415 g/mol. The second-order valence-corrected chi connectivity index (χ2v) is 9.08. The number of nitrogens with one attached hydrogen (secondary N) is 1. The van der Waals surface area contributed by atoms with E-state index in [1.54, 1.807) is 0 Å². The van der Waals surface area contributed by atoms with E-state index < -0.39 is 5.97 Å². The molecule has 0 unspecified atom stereocenters. The molecule has 1 aromatic carbocycles. The van der Waals surface area contributed by atoms with Crippen molar-refractivity contribution in [3.05, 3.63) is 34.7 Å². The lowest BCUT2D eigenvalue weighted by molar-refractivity contribution is -0.148. The van der Waals surface area contributed by atoms with Gasteiger partial charge in [0.2, 0.25) is 0 Å². The number of aromatic nitrogens is 1. The van der Waals surface area contributed by atoms with Crippen LogP contribution in [0.2, 0.25) is 0 Å². The van der Waals surface area contributed by atoms with E-state index in [1.807, 2.05) is 31.2 Å². The number of anilines is 1. The molecule has 7 heteroatoms. The van der Waals surface area contributed by atoms with Gasteiger partial charge in [-0.05, 0) is 25.2 Å². The summed E-state index contributed by atoms with van der Waals surface area (Å²) in [6.45, 7) is 6.14. The topological polar surface area (TPSA) is 94.3 Å². The van der Waals surface area contributed by atoms with Crippen LogP contribution in [0.15, 0.2) is 24.3 Å². The summed E-state index contributed by atoms with van der Waals surface area (Å²) >= 11 is 1.27. The molecule has 1 aromatic heterocycles. The van der Waals surface area contributed by atoms with E-state index in [2.05, 4.69) is 24.1 Å². The van der Waals surface area contributed by atoms with Crippen molar-refractivity contribution in [2.45, 2.75) is 52.5 Å². The van der Waals surface area contributed by atoms with Crippen LogP contribution in [0.25, 0.3) is 11.3 Å². The number of carbonyl (C=O) groups excluding carboxylic acids is 2. The zero-order valence-electron chi connectivity index (χ0n) is 17.2. The molecule has 3 rings (SSSR count). The van der Waals surface area contributed by atoms with Gasteiger partial charge in [-0.3, -0.25) is 9.59 Å². The second-order valence-electron chi connectivity index (χ2n) is 7.97. The third-order valence-corrected chi connectivity index (χ3v) is 6.65. The first kappa shape index (κ1) is 21.3. The van der Waals surface area contributed by atoms with Gasteiger partial charge in [0.25, 0.3) is 5.91 Å². The van der Waals surface area contributed by atoms with Gasteiger partial charge in [0.1, 0.15) is 0 Å². The fourth-order valence-electron chi connectivity index (χ4n) is 3.79. The first-order valence-electron chi connectivity index (χ1n) is 10.1. The van der Waals surface area contributed by atoms with Crippen molar-refractivity contribution in [2.75, 3.05) is 12.3 Å². The molecule has 1 aliphatic carbocycles. The Balaban J connectivity index is 1.55. The molecule has 0 radical (unpaired) electrons. The Morgan fingerprint density at radius 3 is 2.69 bits per heavy atom. The van der Waals surface area contributed by atoms with E-state index in [1.165, 1.54) is 17.8 Å². The minimum absolute atomic E-state index is 0.0439. The maximum Gasteiger partial charge on any atom is 0.311 e. The molecule has 1 fully saturated rings. The molecule has 1 saturated carbocycles. The number of thiazole rings is 1. The fraction of sp³-hybridized carbons (Fsp3) is 0.500. The van der Waals surface area contributed by atoms with Crippen LogP contribution in [0.5, 0.6) is 0 Å². The van der Waals surface area contributed by atoms with Gasteiger partial charge in [0, 0.05) is 16.5 Å². The molecule has 3 atom stereocenters. The van der Waals surface area contributed by atoms with Gasteiger partial charge in [-0.25, -0.2) is 4.98 Å². The standard InChI is InChI=1S/C22H29N3O3S/c1-13-7-9-16(10-8-13)21-18(29-22(23)25-21)11-20(27)28-12-19(26)24-17-6-4-5-14(2)15(17)3/h7-10,14-15,17H,4-6,11-12H2,1-3H3,(H2,23,25)(H,24,26)/t14-,15-,17-/m0/s1. The van der Waals surface area contributed by atoms with Crippen LogP contribution in [0.3, 0.4) is 0 Å². The Morgan fingerprint density at radius 1 is 1.24 bits per heavy atom. The summed E-state index contributed by atoms with van der Waals surface area (Å²) in [6.07, 6.45) is 3.34. The number of nitrogen functional groups attached to an aromatic ring is 1. The molecule has 0 saturated heterocycles. The smallest absolute Gasteiger partial charge is 0.311 e. The number of nitrogens with zero attached hydrogens (tertiary/aromatic N) is 1. The van der Waals surface area contributed by atoms with Gasteiger partial charge in [0.05, 0.1) is 12.1 Å². The number of rotatable bonds is 6. The van der Waals surface area contributed by atoms with Gasteiger partial charge in [-0.2, -0.15) is 0 Å². The summed E-state index contributed by atoms with van der Waals surface area (Å²) in [5.41, 5.74) is 8.61. The van der Waals surface area contributed by atoms with Crippen molar-refractivity contribution in [3.63, 3.8) is 0 Å². The normalized spacial score (nSPS) is 21.6. The molecule has 0 aliphatic heterocycles. The number of benzene rings is 1. The number of ether oxygens (including phenoxy) is 1. The van der Waals surface area contributed by atoms with E-state index in [9.17, 15) is 9.59 Å². The van der Waals surface area contributed by atoms with Crippen molar-refractivity contribution in [1.29, 1.82) is 0 Å². The summed E-state index contributed by atoms with van der Waals surface area (Å²) in [5.74, 6) is 0.323. The molecule has 2 aromatic rings. The number of esters is 1. The first-order chi connectivity index (χ1) is 13.8. The molecule has 1 heterocycles. The minimum Gasteiger partial charge on any atom is -0.455 e. The van der Waals surface area contributed by atoms with Crippen LogP contribution < -0.4 is 11.1 Å². The Bertz CT molecular complexity index is 863. The summed E-state index contributed by atoms with van der Waals surface area (Å²) in [7, 11) is 0. The summed E-state index contributed by atoms with van der Waals surface area (Å²) in [4.78, 5) is 29.6. The predicted molar refractivity (Wildman–Crippen MR) is 115 cm³/mol. The van der Waals surface area contributed by atoms with E-state index in [4.69, 9.17) is 10.5 Å². The number of nitrogens with two attached hydrogens (primary N) is 1. The largest absolute Gasteiger partial charge is 0.455 e. The van der Waals surface area contributed by atoms with Crippen LogP contribution >= 0.6 is 11.3 Å². The zero-order valence-corrected chi connectivity index (χ0v) is 18.1. The average molecular weight is 416 g/mol. The quantitative estimate of drug-likeness (QED) is 0.701. The molecule has 0 bridgehead atoms. The third kappa shape index (κ3) is 5.56. The number of hydrogen-bond acceptors (Lipinski definition) is 6. The molecule has 1 amide bonds. The first-order valence-corrected chi connectivity index (χ1v) is 10.9. The van der Waals surface area contributed by atoms with Crippen LogP contribution in [0.1, 0.15) is 43.6 Å². The molecular weight excluding hydrogens is 386 g/mol. The Hall–Kier alpha value is -2.41. The van der Waals surface area contributed by atoms with E-state index in [0.29, 0.717) is 22.7 Å². The van der Waals surface area contributed by atoms with Crippen molar-refractivity contribution in [2.24, 2.45) is 11.8 Å². The molecule has 29 heavy (non-hydrogen) atoms. The molecular formula is C22H29N3O3S. The summed E-state index contributed by atoms with van der Waals surface area (Å²) in [5, 5.41) is 3.42. The number of carbonyl (C=O) groups is 2. The van der Waals surface area contributed by atoms with Crippen molar-refractivity contribution >= 4 is 28.3 Å². The maximum absolute atomic E-state index is 12.3. The molecule has 6 nitrogen and oxygen atoms in total. The lowest BCUT2D eigenvalue weighted by Crippen LogP contribution is -2.45. The third-order valence-electron chi connectivity index (χ3n) is 5.76. The van der Waals surface area contributed by atoms with Crippen LogP contribution in [0, 0.1) is 18.8 Å². The van der Waals surface area contributed by atoms with Gasteiger partial charge >= 0.3 is 5.97 Å². The zero-order chi connectivity index (χ0) is 21.0. The van der Waals surface area contributed by atoms with E-state index in [-0.39, 0.29) is 25.0 Å². The SMILES string of the molecule is Cc1ccc(-c2nc(N)sc2CC(=O)OCC(=O)N[C@H]2CCC[C@H](C)[C@@H]2C)cc1. The summed E-state index contributed by atoms with van der Waals surface area (Å²) in [6, 6.07) is 8.05. The number of amides is 1. The van der Waals surface area contributed by atoms with Gasteiger partial charge in [-0.1, -0.05) is 56.5 Å². The fourth-order valence-corrected chi connectivity index (χ4v) is 4.63. The molecule has 0 spiro atoms. The Kier molecular flexibility index (Phi) is 6.90. The van der Waals surface area contributed by atoms with Crippen LogP contribution in [-0.2, 0) is 20.7 Å². The molecule has 156 valence electrons. The van der Waals surface area contributed by atoms with Gasteiger partial charge in [-0.15, -0.1) is 11.3 Å². The minimum atomic E-state index is -0.456. The Morgan fingerprint density at radius 2 is 1.97 bits per heavy atom. The highest BCUT2D eigenvalue weighted by atomic mass is 32.1. The van der Waals surface area contributed by atoms with Gasteiger partial charge < -0.3 is 15.8 Å². The van der Waals surface area contributed by atoms with Crippen molar-refractivity contribution in [1.82, 2.24) is 10.3 Å². The van der Waals surface area contributed by atoms with Crippen LogP contribution in [0.4, 0.5) is 5.13 Å². The maximum atomic E-state index is 12.3. The van der Waals surface area contributed by atoms with Crippen LogP contribution in [-0.4, -0.2) is 29.5 Å².